The molecule has 0 unspecified atom stereocenters. The first kappa shape index (κ1) is 7.56. The number of rotatable bonds is 0. The van der Waals surface area contributed by atoms with Crippen molar-refractivity contribution < 1.29 is 7.71 Å². The third kappa shape index (κ3) is 2.17. The molecule has 0 aromatic carbocycles. The van der Waals surface area contributed by atoms with E-state index < -0.39 is 0 Å². The molecule has 0 aliphatic carbocycles. The van der Waals surface area contributed by atoms with Crippen LogP contribution < -0.4 is 0 Å². The van der Waals surface area contributed by atoms with E-state index in [0.29, 0.717) is 11.6 Å². The highest BCUT2D eigenvalue weighted by atomic mass is 16.5. The molecule has 1 aliphatic rings. The first-order chi connectivity index (χ1) is 6.02. The van der Waals surface area contributed by atoms with Gasteiger partial charge in [-0.3, -0.25) is 4.90 Å². The third-order valence-electron chi connectivity index (χ3n) is 2.23. The molecule has 1 heterocycles. The topological polar surface area (TPSA) is 12.5 Å². The maximum Gasteiger partial charge on any atom is 0.0620 e. The monoisotopic (exact) mass is 161 g/mol. The Morgan fingerprint density at radius 2 is 2.18 bits per heavy atom. The lowest BCUT2D eigenvalue weighted by Gasteiger charge is -2.42. The van der Waals surface area contributed by atoms with Gasteiger partial charge in [-0.1, -0.05) is 0 Å². The Bertz CT molecular complexity index is 136. The fraction of sp³-hybridized carbons (Fsp3) is 1.00. The number of morpholine rings is 1. The summed E-state index contributed by atoms with van der Waals surface area (Å²) in [7, 11) is 0. The van der Waals surface area contributed by atoms with Gasteiger partial charge in [-0.25, -0.2) is 0 Å². The van der Waals surface area contributed by atoms with Crippen molar-refractivity contribution in [3.05, 3.63) is 0 Å². The highest BCUT2D eigenvalue weighted by Crippen LogP contribution is 2.18. The quantitative estimate of drug-likeness (QED) is 0.536. The van der Waals surface area contributed by atoms with Gasteiger partial charge < -0.3 is 4.74 Å². The Hall–Kier alpha value is -0.0800. The average Bonchev–Trinajstić information content (AvgIpc) is 2.07. The van der Waals surface area contributed by atoms with Gasteiger partial charge in [0, 0.05) is 21.1 Å². The van der Waals surface area contributed by atoms with Crippen LogP contribution in [0.15, 0.2) is 0 Å². The maximum absolute atomic E-state index is 5.37. The molecule has 0 radical (unpaired) electrons. The molecule has 1 saturated heterocycles. The maximum atomic E-state index is 5.37. The van der Waals surface area contributed by atoms with Crippen LogP contribution in [0.4, 0.5) is 0 Å². The van der Waals surface area contributed by atoms with Gasteiger partial charge in [0.1, 0.15) is 0 Å². The molecule has 0 bridgehead atoms. The van der Waals surface area contributed by atoms with E-state index in [1.165, 1.54) is 0 Å². The molecule has 2 heteroatoms. The van der Waals surface area contributed by atoms with E-state index in [1.807, 2.05) is 0 Å². The summed E-state index contributed by atoms with van der Waals surface area (Å²) in [4.78, 5) is 2.50. The van der Waals surface area contributed by atoms with Crippen LogP contribution in [0.25, 0.3) is 0 Å². The minimum absolute atomic E-state index is 0.295. The van der Waals surface area contributed by atoms with Crippen LogP contribution in [0.2, 0.25) is 0 Å². The van der Waals surface area contributed by atoms with Gasteiger partial charge in [0.25, 0.3) is 0 Å². The molecular formula is C9H21NO. The molecule has 0 amide bonds. The SMILES string of the molecule is C[C@@H]1COCCN1C(C)(C)C.[2H][2H]. The molecule has 0 spiro atoms. The second-order valence-electron chi connectivity index (χ2n) is 4.29. The molecule has 1 rings (SSSR count). The predicted octanol–water partition coefficient (Wildman–Crippen LogP) is 1.75. The third-order valence-corrected chi connectivity index (χ3v) is 2.23. The molecule has 2 nitrogen and oxygen atoms in total. The smallest absolute Gasteiger partial charge is 0.0620 e. The normalized spacial score (nSPS) is 29.6. The van der Waals surface area contributed by atoms with Crippen LogP contribution in [0, 0.1) is 0 Å². The van der Waals surface area contributed by atoms with Gasteiger partial charge >= 0.3 is 0 Å². The van der Waals surface area contributed by atoms with Crippen molar-refractivity contribution >= 4 is 0 Å². The van der Waals surface area contributed by atoms with Crippen molar-refractivity contribution in [2.45, 2.75) is 39.3 Å². The van der Waals surface area contributed by atoms with Crippen LogP contribution >= 0.6 is 0 Å². The molecule has 1 aliphatic heterocycles. The van der Waals surface area contributed by atoms with Crippen molar-refractivity contribution in [3.8, 4) is 0 Å². The summed E-state index contributed by atoms with van der Waals surface area (Å²) in [5, 5.41) is 0. The van der Waals surface area contributed by atoms with E-state index in [2.05, 4.69) is 32.6 Å². The van der Waals surface area contributed by atoms with Gasteiger partial charge in [-0.2, -0.15) is 0 Å². The second-order valence-corrected chi connectivity index (χ2v) is 4.29. The second kappa shape index (κ2) is 3.11. The highest BCUT2D eigenvalue weighted by molar-refractivity contribution is 4.82. The van der Waals surface area contributed by atoms with Crippen LogP contribution in [-0.4, -0.2) is 36.2 Å². The van der Waals surface area contributed by atoms with E-state index in [4.69, 9.17) is 7.71 Å². The molecule has 68 valence electrons. The zero-order valence-electron chi connectivity index (χ0n) is 10.1. The summed E-state index contributed by atoms with van der Waals surface area (Å²) in [5.41, 5.74) is 0.295. The van der Waals surface area contributed by atoms with Gasteiger partial charge in [0.05, 0.1) is 13.2 Å². The summed E-state index contributed by atoms with van der Waals surface area (Å²) in [6.45, 7) is 11.9. The molecule has 0 aromatic heterocycles. The van der Waals surface area contributed by atoms with Crippen molar-refractivity contribution in [1.82, 2.24) is 4.90 Å². The van der Waals surface area contributed by atoms with Gasteiger partial charge in [0.15, 0.2) is 0 Å². The Morgan fingerprint density at radius 3 is 2.55 bits per heavy atom. The average molecular weight is 161 g/mol. The molecule has 0 aromatic rings. The summed E-state index contributed by atoms with van der Waals surface area (Å²) in [5.74, 6) is 0. The van der Waals surface area contributed by atoms with Crippen LogP contribution in [-0.2, 0) is 4.74 Å². The summed E-state index contributed by atoms with van der Waals surface area (Å²) < 4.78 is 15.4. The first-order valence-electron chi connectivity index (χ1n) is 5.36. The molecule has 11 heavy (non-hydrogen) atoms. The molecular weight excluding hydrogens is 138 g/mol. The van der Waals surface area contributed by atoms with E-state index in [9.17, 15) is 0 Å². The summed E-state index contributed by atoms with van der Waals surface area (Å²) in [6, 6.07) is 0.573. The highest BCUT2D eigenvalue weighted by Gasteiger charge is 2.28. The lowest BCUT2D eigenvalue weighted by atomic mass is 10.0. The van der Waals surface area contributed by atoms with Crippen molar-refractivity contribution in [2.24, 2.45) is 0 Å². The van der Waals surface area contributed by atoms with Crippen molar-refractivity contribution in [1.29, 1.82) is 0 Å². The zero-order chi connectivity index (χ0) is 10.5. The largest absolute Gasteiger partial charge is 0.379 e. The van der Waals surface area contributed by atoms with E-state index >= 15 is 0 Å². The van der Waals surface area contributed by atoms with Gasteiger partial charge in [-0.15, -0.1) is 0 Å². The Morgan fingerprint density at radius 1 is 1.55 bits per heavy atom. The van der Waals surface area contributed by atoms with Crippen molar-refractivity contribution in [3.63, 3.8) is 0 Å². The zero-order valence-corrected chi connectivity index (χ0v) is 8.05. The van der Waals surface area contributed by atoms with Crippen LogP contribution in [0.3, 0.4) is 0 Å². The number of hydrogen-bond acceptors (Lipinski definition) is 2. The Kier molecular flexibility index (Phi) is 2.14. The standard InChI is InChI=1S/C9H19NO.H2/c1-8-7-11-6-5-10(8)9(2,3)4;/h8H,5-7H2,1-4H3;1H/t8-;/m1./s1/i;1+1D. The van der Waals surface area contributed by atoms with E-state index in [0.717, 1.165) is 19.8 Å². The molecule has 0 saturated carbocycles. The number of ether oxygens (including phenoxy) is 1. The van der Waals surface area contributed by atoms with Gasteiger partial charge in [-0.05, 0) is 27.7 Å². The van der Waals surface area contributed by atoms with E-state index in [-0.39, 0.29) is 0 Å². The summed E-state index contributed by atoms with van der Waals surface area (Å²) >= 11 is 0. The number of nitrogens with zero attached hydrogens (tertiary/aromatic N) is 1. The molecule has 1 fully saturated rings. The minimum Gasteiger partial charge on any atom is -0.379 e. The van der Waals surface area contributed by atoms with Gasteiger partial charge in [0.2, 0.25) is 0 Å². The molecule has 1 atom stereocenters. The Balaban J connectivity index is 0.000000671. The fourth-order valence-corrected chi connectivity index (χ4v) is 1.72. The lowest BCUT2D eigenvalue weighted by Crippen LogP contribution is -2.53. The predicted molar refractivity (Wildman–Crippen MR) is 48.9 cm³/mol. The summed E-state index contributed by atoms with van der Waals surface area (Å²) in [6.07, 6.45) is 0. The number of hydrogen-bond donors (Lipinski definition) is 0. The fourth-order valence-electron chi connectivity index (χ4n) is 1.72. The van der Waals surface area contributed by atoms with E-state index in [1.54, 1.807) is 0 Å². The Labute approximate surface area is 72.6 Å². The van der Waals surface area contributed by atoms with Crippen LogP contribution in [0.5, 0.6) is 0 Å². The first-order valence-corrected chi connectivity index (χ1v) is 4.36. The minimum atomic E-state index is 0.295. The van der Waals surface area contributed by atoms with Crippen LogP contribution in [0.1, 0.15) is 30.7 Å². The lowest BCUT2D eigenvalue weighted by molar-refractivity contribution is -0.0421. The molecule has 0 N–H and O–H groups in total. The van der Waals surface area contributed by atoms with Crippen molar-refractivity contribution in [2.75, 3.05) is 19.8 Å².